The fourth-order valence-electron chi connectivity index (χ4n) is 2.07. The zero-order valence-electron chi connectivity index (χ0n) is 10.9. The Labute approximate surface area is 118 Å². The molecule has 0 heterocycles. The fraction of sp³-hybridized carbons (Fsp3) is 0.600. The van der Waals surface area contributed by atoms with Gasteiger partial charge in [-0.25, -0.2) is 0 Å². The molecule has 0 saturated heterocycles. The fourth-order valence-corrected chi connectivity index (χ4v) is 2.47. The third-order valence-corrected chi connectivity index (χ3v) is 3.74. The zero-order valence-corrected chi connectivity index (χ0v) is 12.5. The second-order valence-corrected chi connectivity index (χ2v) is 5.49. The number of phenols is 2. The van der Waals surface area contributed by atoms with E-state index in [0.717, 1.165) is 23.7 Å². The molecule has 0 spiro atoms. The molecule has 0 aliphatic rings. The molecule has 1 rings (SSSR count). The smallest absolute Gasteiger partial charge is 0.160 e. The van der Waals surface area contributed by atoms with Gasteiger partial charge in [0.05, 0.1) is 0 Å². The second-order valence-electron chi connectivity index (χ2n) is 4.70. The van der Waals surface area contributed by atoms with Gasteiger partial charge in [-0.05, 0) is 30.9 Å². The lowest BCUT2D eigenvalue weighted by Crippen LogP contribution is -1.88. The number of aromatic hydroxyl groups is 2. The summed E-state index contributed by atoms with van der Waals surface area (Å²) in [6.45, 7) is 0. The summed E-state index contributed by atoms with van der Waals surface area (Å²) in [6.07, 6.45) is 9.61. The van der Waals surface area contributed by atoms with Crippen LogP contribution in [0, 0.1) is 0 Å². The second kappa shape index (κ2) is 9.26. The first-order chi connectivity index (χ1) is 8.75. The Kier molecular flexibility index (Phi) is 7.90. The van der Waals surface area contributed by atoms with Crippen LogP contribution in [0.25, 0.3) is 0 Å². The summed E-state index contributed by atoms with van der Waals surface area (Å²) in [7, 11) is 0. The van der Waals surface area contributed by atoms with Gasteiger partial charge in [-0.15, -0.1) is 0 Å². The van der Waals surface area contributed by atoms with E-state index >= 15 is 0 Å². The lowest BCUT2D eigenvalue weighted by molar-refractivity contribution is 0.398. The van der Waals surface area contributed by atoms with Crippen molar-refractivity contribution in [2.75, 3.05) is 5.33 Å². The van der Waals surface area contributed by atoms with Crippen LogP contribution in [-0.4, -0.2) is 15.5 Å². The summed E-state index contributed by atoms with van der Waals surface area (Å²) in [5.74, 6) is 0.0390. The van der Waals surface area contributed by atoms with Gasteiger partial charge in [-0.3, -0.25) is 0 Å². The molecular weight excluding hydrogens is 292 g/mol. The minimum atomic E-state index is -0.0118. The first-order valence-corrected chi connectivity index (χ1v) is 7.93. The lowest BCUT2D eigenvalue weighted by Gasteiger charge is -2.06. The molecule has 0 aromatic heterocycles. The van der Waals surface area contributed by atoms with Gasteiger partial charge in [-0.1, -0.05) is 60.2 Å². The molecule has 1 aromatic carbocycles. The molecule has 0 radical (unpaired) electrons. The Morgan fingerprint density at radius 1 is 0.833 bits per heavy atom. The summed E-state index contributed by atoms with van der Waals surface area (Å²) in [4.78, 5) is 0. The van der Waals surface area contributed by atoms with Gasteiger partial charge in [0, 0.05) is 5.33 Å². The third-order valence-electron chi connectivity index (χ3n) is 3.18. The van der Waals surface area contributed by atoms with Gasteiger partial charge < -0.3 is 10.2 Å². The average Bonchev–Trinajstić information content (AvgIpc) is 2.37. The first-order valence-electron chi connectivity index (χ1n) is 6.81. The van der Waals surface area contributed by atoms with E-state index in [4.69, 9.17) is 0 Å². The van der Waals surface area contributed by atoms with Gasteiger partial charge in [0.15, 0.2) is 11.5 Å². The predicted molar refractivity (Wildman–Crippen MR) is 79.6 cm³/mol. The Hall–Kier alpha value is -0.700. The number of hydrogen-bond acceptors (Lipinski definition) is 2. The highest BCUT2D eigenvalue weighted by molar-refractivity contribution is 9.09. The van der Waals surface area contributed by atoms with E-state index in [0.29, 0.717) is 0 Å². The topological polar surface area (TPSA) is 40.5 Å². The van der Waals surface area contributed by atoms with Crippen molar-refractivity contribution in [2.24, 2.45) is 0 Å². The van der Waals surface area contributed by atoms with Crippen molar-refractivity contribution in [2.45, 2.75) is 51.4 Å². The van der Waals surface area contributed by atoms with E-state index in [-0.39, 0.29) is 11.5 Å². The SMILES string of the molecule is Oc1cccc(CCCCCCCCCBr)c1O. The van der Waals surface area contributed by atoms with Gasteiger partial charge in [0.1, 0.15) is 0 Å². The molecule has 3 heteroatoms. The molecular formula is C15H23BrO2. The minimum absolute atomic E-state index is 0.0118. The monoisotopic (exact) mass is 314 g/mol. The maximum Gasteiger partial charge on any atom is 0.160 e. The quantitative estimate of drug-likeness (QED) is 0.392. The number of phenolic OH excluding ortho intramolecular Hbond substituents is 2. The van der Waals surface area contributed by atoms with E-state index in [2.05, 4.69) is 15.9 Å². The lowest BCUT2D eigenvalue weighted by atomic mass is 10.0. The molecule has 1 aromatic rings. The molecule has 0 saturated carbocycles. The Morgan fingerprint density at radius 2 is 1.44 bits per heavy atom. The van der Waals surface area contributed by atoms with Gasteiger partial charge in [-0.2, -0.15) is 0 Å². The van der Waals surface area contributed by atoms with E-state index in [1.54, 1.807) is 6.07 Å². The minimum Gasteiger partial charge on any atom is -0.504 e. The number of alkyl halides is 1. The van der Waals surface area contributed by atoms with Crippen LogP contribution >= 0.6 is 15.9 Å². The van der Waals surface area contributed by atoms with Crippen LogP contribution in [0.15, 0.2) is 18.2 Å². The van der Waals surface area contributed by atoms with Crippen molar-refractivity contribution in [1.29, 1.82) is 0 Å². The number of unbranched alkanes of at least 4 members (excludes halogenated alkanes) is 6. The van der Waals surface area contributed by atoms with Crippen molar-refractivity contribution in [3.63, 3.8) is 0 Å². The van der Waals surface area contributed by atoms with Crippen LogP contribution in [0.2, 0.25) is 0 Å². The van der Waals surface area contributed by atoms with Crippen molar-refractivity contribution in [1.82, 2.24) is 0 Å². The van der Waals surface area contributed by atoms with Crippen molar-refractivity contribution in [3.8, 4) is 11.5 Å². The summed E-state index contributed by atoms with van der Waals surface area (Å²) in [5.41, 5.74) is 0.856. The van der Waals surface area contributed by atoms with Crippen molar-refractivity contribution < 1.29 is 10.2 Å². The Morgan fingerprint density at radius 3 is 2.11 bits per heavy atom. The van der Waals surface area contributed by atoms with E-state index in [9.17, 15) is 10.2 Å². The highest BCUT2D eigenvalue weighted by atomic mass is 79.9. The molecule has 0 amide bonds. The van der Waals surface area contributed by atoms with Crippen LogP contribution in [0.4, 0.5) is 0 Å². The number of rotatable bonds is 9. The first kappa shape index (κ1) is 15.4. The zero-order chi connectivity index (χ0) is 13.2. The van der Waals surface area contributed by atoms with Gasteiger partial charge in [0.2, 0.25) is 0 Å². The van der Waals surface area contributed by atoms with E-state index in [1.165, 1.54) is 44.6 Å². The molecule has 18 heavy (non-hydrogen) atoms. The summed E-state index contributed by atoms with van der Waals surface area (Å²) in [6, 6.07) is 5.18. The van der Waals surface area contributed by atoms with Crippen LogP contribution in [0.5, 0.6) is 11.5 Å². The average molecular weight is 315 g/mol. The van der Waals surface area contributed by atoms with E-state index in [1.807, 2.05) is 6.07 Å². The number of benzene rings is 1. The van der Waals surface area contributed by atoms with E-state index < -0.39 is 0 Å². The van der Waals surface area contributed by atoms with Crippen LogP contribution in [0.3, 0.4) is 0 Å². The Balaban J connectivity index is 2.09. The maximum atomic E-state index is 9.64. The van der Waals surface area contributed by atoms with Crippen LogP contribution < -0.4 is 0 Å². The van der Waals surface area contributed by atoms with Crippen molar-refractivity contribution >= 4 is 15.9 Å². The standard InChI is InChI=1S/C15H23BrO2/c16-12-7-5-3-1-2-4-6-9-13-10-8-11-14(17)15(13)18/h8,10-11,17-18H,1-7,9,12H2. The highest BCUT2D eigenvalue weighted by Gasteiger charge is 2.04. The van der Waals surface area contributed by atoms with Gasteiger partial charge >= 0.3 is 0 Å². The summed E-state index contributed by atoms with van der Waals surface area (Å²) < 4.78 is 0. The number of para-hydroxylation sites is 1. The highest BCUT2D eigenvalue weighted by Crippen LogP contribution is 2.29. The van der Waals surface area contributed by atoms with Gasteiger partial charge in [0.25, 0.3) is 0 Å². The number of hydrogen-bond donors (Lipinski definition) is 2. The summed E-state index contributed by atoms with van der Waals surface area (Å²) >= 11 is 3.44. The third kappa shape index (κ3) is 5.76. The molecule has 0 unspecified atom stereocenters. The van der Waals surface area contributed by atoms with Crippen molar-refractivity contribution in [3.05, 3.63) is 23.8 Å². The Bertz CT molecular complexity index is 339. The molecule has 2 N–H and O–H groups in total. The van der Waals surface area contributed by atoms with Crippen LogP contribution in [0.1, 0.15) is 50.5 Å². The maximum absolute atomic E-state index is 9.64. The number of aryl methyl sites for hydroxylation is 1. The normalized spacial score (nSPS) is 10.7. The number of halogens is 1. The molecule has 0 bridgehead atoms. The largest absolute Gasteiger partial charge is 0.504 e. The molecule has 0 aliphatic heterocycles. The molecule has 102 valence electrons. The predicted octanol–water partition coefficient (Wildman–Crippen LogP) is 4.77. The van der Waals surface area contributed by atoms with Crippen LogP contribution in [-0.2, 0) is 6.42 Å². The molecule has 0 aliphatic carbocycles. The molecule has 0 fully saturated rings. The molecule has 0 atom stereocenters. The molecule has 2 nitrogen and oxygen atoms in total. The summed E-state index contributed by atoms with van der Waals surface area (Å²) in [5, 5.41) is 20.1.